The van der Waals surface area contributed by atoms with Gasteiger partial charge in [-0.05, 0) is 44.6 Å². The van der Waals surface area contributed by atoms with E-state index in [0.29, 0.717) is 22.8 Å². The zero-order valence-corrected chi connectivity index (χ0v) is 18.6. The molecule has 0 saturated carbocycles. The number of hydrogen-bond acceptors (Lipinski definition) is 7. The number of aromatic hydroxyl groups is 2. The van der Waals surface area contributed by atoms with Crippen molar-refractivity contribution in [3.8, 4) is 34.5 Å². The SMILES string of the molecule is COc1ccc(/C=C/C(=O)c2c(OC)cc(O)c(CC=C(C)C)c2O)c(OC)c1OC. The van der Waals surface area contributed by atoms with Gasteiger partial charge >= 0.3 is 0 Å². The minimum absolute atomic E-state index is 0.0341. The molecule has 0 fully saturated rings. The number of hydrogen-bond donors (Lipinski definition) is 2. The highest BCUT2D eigenvalue weighted by Gasteiger charge is 2.22. The fourth-order valence-electron chi connectivity index (χ4n) is 3.08. The maximum absolute atomic E-state index is 13.0. The Bertz CT molecular complexity index is 1020. The highest BCUT2D eigenvalue weighted by atomic mass is 16.5. The van der Waals surface area contributed by atoms with Gasteiger partial charge in [0.15, 0.2) is 17.3 Å². The molecule has 0 heterocycles. The molecule has 0 amide bonds. The topological polar surface area (TPSA) is 94.5 Å². The van der Waals surface area contributed by atoms with Crippen molar-refractivity contribution in [2.45, 2.75) is 20.3 Å². The van der Waals surface area contributed by atoms with Gasteiger partial charge < -0.3 is 29.2 Å². The Labute approximate surface area is 182 Å². The molecule has 2 rings (SSSR count). The molecular weight excluding hydrogens is 400 g/mol. The van der Waals surface area contributed by atoms with Gasteiger partial charge in [0, 0.05) is 17.2 Å². The summed E-state index contributed by atoms with van der Waals surface area (Å²) >= 11 is 0. The number of carbonyl (C=O) groups is 1. The zero-order valence-electron chi connectivity index (χ0n) is 18.6. The van der Waals surface area contributed by atoms with Gasteiger partial charge in [-0.3, -0.25) is 4.79 Å². The van der Waals surface area contributed by atoms with E-state index in [1.165, 1.54) is 40.6 Å². The number of rotatable bonds is 9. The van der Waals surface area contributed by atoms with Crippen LogP contribution in [-0.4, -0.2) is 44.4 Å². The van der Waals surface area contributed by atoms with Crippen molar-refractivity contribution in [1.29, 1.82) is 0 Å². The first-order valence-electron chi connectivity index (χ1n) is 9.55. The van der Waals surface area contributed by atoms with Crippen LogP contribution in [-0.2, 0) is 6.42 Å². The number of methoxy groups -OCH3 is 4. The van der Waals surface area contributed by atoms with Crippen LogP contribution in [0.4, 0.5) is 0 Å². The summed E-state index contributed by atoms with van der Waals surface area (Å²) in [5.74, 6) is 0.405. The lowest BCUT2D eigenvalue weighted by Crippen LogP contribution is -2.03. The molecule has 0 spiro atoms. The van der Waals surface area contributed by atoms with Gasteiger partial charge in [-0.1, -0.05) is 11.6 Å². The van der Waals surface area contributed by atoms with Crippen LogP contribution in [0.1, 0.15) is 35.3 Å². The van der Waals surface area contributed by atoms with E-state index in [1.54, 1.807) is 18.2 Å². The summed E-state index contributed by atoms with van der Waals surface area (Å²) < 4.78 is 21.3. The zero-order chi connectivity index (χ0) is 23.1. The fourth-order valence-corrected chi connectivity index (χ4v) is 3.08. The van der Waals surface area contributed by atoms with Crippen LogP contribution >= 0.6 is 0 Å². The lowest BCUT2D eigenvalue weighted by atomic mass is 9.99. The summed E-state index contributed by atoms with van der Waals surface area (Å²) in [6, 6.07) is 4.74. The van der Waals surface area contributed by atoms with E-state index in [1.807, 2.05) is 19.9 Å². The maximum atomic E-state index is 13.0. The van der Waals surface area contributed by atoms with Crippen LogP contribution in [0.25, 0.3) is 6.08 Å². The minimum atomic E-state index is -0.496. The molecule has 0 saturated heterocycles. The monoisotopic (exact) mass is 428 g/mol. The lowest BCUT2D eigenvalue weighted by molar-refractivity contribution is 0.104. The number of ketones is 1. The smallest absolute Gasteiger partial charge is 0.203 e. The van der Waals surface area contributed by atoms with Crippen LogP contribution in [0.5, 0.6) is 34.5 Å². The molecule has 0 aliphatic rings. The van der Waals surface area contributed by atoms with E-state index in [0.717, 1.165) is 5.57 Å². The van der Waals surface area contributed by atoms with Crippen LogP contribution in [0.15, 0.2) is 35.9 Å². The van der Waals surface area contributed by atoms with Crippen molar-refractivity contribution >= 4 is 11.9 Å². The van der Waals surface area contributed by atoms with E-state index in [-0.39, 0.29) is 34.8 Å². The molecule has 0 atom stereocenters. The Balaban J connectivity index is 2.52. The van der Waals surface area contributed by atoms with Gasteiger partial charge in [-0.25, -0.2) is 0 Å². The molecular formula is C24H28O7. The van der Waals surface area contributed by atoms with Crippen LogP contribution < -0.4 is 18.9 Å². The summed E-state index contributed by atoms with van der Waals surface area (Å²) in [6.45, 7) is 3.81. The molecule has 7 heteroatoms. The van der Waals surface area contributed by atoms with Crippen molar-refractivity contribution in [1.82, 2.24) is 0 Å². The second-order valence-corrected chi connectivity index (χ2v) is 6.91. The third-order valence-corrected chi connectivity index (χ3v) is 4.68. The molecule has 2 aromatic carbocycles. The van der Waals surface area contributed by atoms with Crippen molar-refractivity contribution in [3.63, 3.8) is 0 Å². The Hall–Kier alpha value is -3.61. The second kappa shape index (κ2) is 10.4. The standard InChI is InChI=1S/C24H28O7/c1-14(2)7-10-16-18(26)13-20(29-4)21(22(16)27)17(25)11-8-15-9-12-19(28-3)24(31-6)23(15)30-5/h7-9,11-13,26-27H,10H2,1-6H3/b11-8+. The third kappa shape index (κ3) is 5.12. The van der Waals surface area contributed by atoms with Gasteiger partial charge in [-0.2, -0.15) is 0 Å². The summed E-state index contributed by atoms with van der Waals surface area (Å²) in [4.78, 5) is 13.0. The van der Waals surface area contributed by atoms with E-state index in [4.69, 9.17) is 18.9 Å². The van der Waals surface area contributed by atoms with Crippen molar-refractivity contribution in [3.05, 3.63) is 52.6 Å². The quantitative estimate of drug-likeness (QED) is 0.344. The summed E-state index contributed by atoms with van der Waals surface area (Å²) in [5.41, 5.74) is 1.81. The molecule has 7 nitrogen and oxygen atoms in total. The molecule has 0 aliphatic heterocycles. The Kier molecular flexibility index (Phi) is 7.96. The third-order valence-electron chi connectivity index (χ3n) is 4.68. The molecule has 0 bridgehead atoms. The molecule has 166 valence electrons. The number of benzene rings is 2. The molecule has 0 aliphatic carbocycles. The van der Waals surface area contributed by atoms with Gasteiger partial charge in [0.05, 0.1) is 28.4 Å². The largest absolute Gasteiger partial charge is 0.507 e. The number of allylic oxidation sites excluding steroid dienone is 3. The maximum Gasteiger partial charge on any atom is 0.203 e. The van der Waals surface area contributed by atoms with Gasteiger partial charge in [0.25, 0.3) is 0 Å². The highest BCUT2D eigenvalue weighted by Crippen LogP contribution is 2.41. The van der Waals surface area contributed by atoms with Crippen molar-refractivity contribution < 1.29 is 34.0 Å². The van der Waals surface area contributed by atoms with Crippen LogP contribution in [0, 0.1) is 0 Å². The van der Waals surface area contributed by atoms with Gasteiger partial charge in [0.1, 0.15) is 22.8 Å². The number of ether oxygens (including phenoxy) is 4. The molecule has 0 aromatic heterocycles. The summed E-state index contributed by atoms with van der Waals surface area (Å²) in [6.07, 6.45) is 4.96. The van der Waals surface area contributed by atoms with Crippen LogP contribution in [0.2, 0.25) is 0 Å². The van der Waals surface area contributed by atoms with Crippen molar-refractivity contribution in [2.24, 2.45) is 0 Å². The van der Waals surface area contributed by atoms with E-state index >= 15 is 0 Å². The Morgan fingerprint density at radius 2 is 1.58 bits per heavy atom. The predicted molar refractivity (Wildman–Crippen MR) is 119 cm³/mol. The van der Waals surface area contributed by atoms with Crippen molar-refractivity contribution in [2.75, 3.05) is 28.4 Å². The fraction of sp³-hybridized carbons (Fsp3) is 0.292. The number of phenols is 2. The summed E-state index contributed by atoms with van der Waals surface area (Å²) in [5, 5.41) is 21.0. The van der Waals surface area contributed by atoms with E-state index in [9.17, 15) is 15.0 Å². The first kappa shape index (κ1) is 23.7. The molecule has 31 heavy (non-hydrogen) atoms. The lowest BCUT2D eigenvalue weighted by Gasteiger charge is -2.14. The molecule has 2 aromatic rings. The average Bonchev–Trinajstić information content (AvgIpc) is 2.75. The Morgan fingerprint density at radius 1 is 0.935 bits per heavy atom. The molecule has 2 N–H and O–H groups in total. The second-order valence-electron chi connectivity index (χ2n) is 6.91. The Morgan fingerprint density at radius 3 is 2.13 bits per heavy atom. The van der Waals surface area contributed by atoms with Gasteiger partial charge in [0.2, 0.25) is 5.75 Å². The van der Waals surface area contributed by atoms with E-state index < -0.39 is 5.78 Å². The number of carbonyl (C=O) groups excluding carboxylic acids is 1. The average molecular weight is 428 g/mol. The molecule has 0 radical (unpaired) electrons. The molecule has 0 unspecified atom stereocenters. The highest BCUT2D eigenvalue weighted by molar-refractivity contribution is 6.11. The summed E-state index contributed by atoms with van der Waals surface area (Å²) in [7, 11) is 5.86. The van der Waals surface area contributed by atoms with Crippen LogP contribution in [0.3, 0.4) is 0 Å². The van der Waals surface area contributed by atoms with E-state index in [2.05, 4.69) is 0 Å². The predicted octanol–water partition coefficient (Wildman–Crippen LogP) is 4.54. The first-order valence-corrected chi connectivity index (χ1v) is 9.55. The number of phenolic OH excluding ortho intramolecular Hbond substituents is 2. The van der Waals surface area contributed by atoms with Gasteiger partial charge in [-0.15, -0.1) is 0 Å². The normalized spacial score (nSPS) is 10.6. The first-order chi connectivity index (χ1) is 14.8. The minimum Gasteiger partial charge on any atom is -0.507 e.